The van der Waals surface area contributed by atoms with Crippen molar-refractivity contribution >= 4 is 12.2 Å². The zero-order chi connectivity index (χ0) is 14.0. The molecule has 0 saturated carbocycles. The van der Waals surface area contributed by atoms with Crippen LogP contribution in [0.15, 0.2) is 18.2 Å². The van der Waals surface area contributed by atoms with Gasteiger partial charge in [-0.3, -0.25) is 10.2 Å². The molecule has 0 fully saturated rings. The van der Waals surface area contributed by atoms with Crippen LogP contribution in [0.5, 0.6) is 0 Å². The van der Waals surface area contributed by atoms with Crippen molar-refractivity contribution in [3.63, 3.8) is 0 Å². The standard InChI is InChI=1S/C15H21N3S/c1-9(2)12(8-14-16-15(19)18-17-14)13-7-10(3)5-6-11(13)4/h5-7,9,12H,8H2,1-4H3,(H2,16,17,18,19). The van der Waals surface area contributed by atoms with Gasteiger partial charge in [0.1, 0.15) is 5.82 Å². The van der Waals surface area contributed by atoms with Crippen LogP contribution in [0.1, 0.15) is 42.3 Å². The van der Waals surface area contributed by atoms with E-state index in [0.717, 1.165) is 12.2 Å². The fourth-order valence-corrected chi connectivity index (χ4v) is 2.63. The Morgan fingerprint density at radius 3 is 2.53 bits per heavy atom. The highest BCUT2D eigenvalue weighted by Gasteiger charge is 2.19. The molecule has 1 atom stereocenters. The van der Waals surface area contributed by atoms with Crippen molar-refractivity contribution in [2.75, 3.05) is 0 Å². The first kappa shape index (κ1) is 14.0. The Labute approximate surface area is 119 Å². The second kappa shape index (κ2) is 5.70. The van der Waals surface area contributed by atoms with Crippen LogP contribution in [0.25, 0.3) is 0 Å². The maximum absolute atomic E-state index is 5.02. The summed E-state index contributed by atoms with van der Waals surface area (Å²) in [5, 5.41) is 5.92. The molecule has 0 bridgehead atoms. The fraction of sp³-hybridized carbons (Fsp3) is 0.467. The molecular weight excluding hydrogens is 254 g/mol. The van der Waals surface area contributed by atoms with Crippen LogP contribution in [0, 0.1) is 24.5 Å². The van der Waals surface area contributed by atoms with Crippen molar-refractivity contribution < 1.29 is 0 Å². The largest absolute Gasteiger partial charge is 0.286 e. The third-order valence-electron chi connectivity index (χ3n) is 3.60. The highest BCUT2D eigenvalue weighted by Crippen LogP contribution is 2.30. The van der Waals surface area contributed by atoms with Crippen LogP contribution in [-0.4, -0.2) is 15.2 Å². The number of nitrogens with one attached hydrogen (secondary N) is 2. The Morgan fingerprint density at radius 1 is 1.21 bits per heavy atom. The van der Waals surface area contributed by atoms with E-state index < -0.39 is 0 Å². The second-order valence-electron chi connectivity index (χ2n) is 5.53. The van der Waals surface area contributed by atoms with E-state index in [0.29, 0.717) is 16.6 Å². The summed E-state index contributed by atoms with van der Waals surface area (Å²) in [4.78, 5) is 4.31. The van der Waals surface area contributed by atoms with Gasteiger partial charge in [0.15, 0.2) is 0 Å². The minimum absolute atomic E-state index is 0.453. The van der Waals surface area contributed by atoms with E-state index in [9.17, 15) is 0 Å². The molecular formula is C15H21N3S. The highest BCUT2D eigenvalue weighted by molar-refractivity contribution is 7.71. The number of aromatic amines is 2. The number of rotatable bonds is 4. The van der Waals surface area contributed by atoms with Crippen LogP contribution in [0.3, 0.4) is 0 Å². The van der Waals surface area contributed by atoms with Gasteiger partial charge in [0.05, 0.1) is 0 Å². The molecule has 3 nitrogen and oxygen atoms in total. The summed E-state index contributed by atoms with van der Waals surface area (Å²) in [5.41, 5.74) is 4.07. The third kappa shape index (κ3) is 3.32. The molecule has 0 aliphatic carbocycles. The van der Waals surface area contributed by atoms with Crippen LogP contribution in [-0.2, 0) is 6.42 Å². The van der Waals surface area contributed by atoms with Crippen molar-refractivity contribution in [2.45, 2.75) is 40.0 Å². The topological polar surface area (TPSA) is 44.5 Å². The lowest BCUT2D eigenvalue weighted by Crippen LogP contribution is -2.13. The SMILES string of the molecule is Cc1ccc(C)c(C(Cc2nc(=S)[nH][nH]2)C(C)C)c1. The van der Waals surface area contributed by atoms with Gasteiger partial charge in [-0.2, -0.15) is 0 Å². The number of benzene rings is 1. The maximum atomic E-state index is 5.02. The molecule has 2 aromatic rings. The molecule has 0 amide bonds. The van der Waals surface area contributed by atoms with Crippen molar-refractivity contribution in [2.24, 2.45) is 5.92 Å². The van der Waals surface area contributed by atoms with Crippen LogP contribution in [0.2, 0.25) is 0 Å². The predicted molar refractivity (Wildman–Crippen MR) is 81.0 cm³/mol. The third-order valence-corrected chi connectivity index (χ3v) is 3.80. The van der Waals surface area contributed by atoms with Crippen LogP contribution < -0.4 is 0 Å². The lowest BCUT2D eigenvalue weighted by Gasteiger charge is -2.22. The zero-order valence-corrected chi connectivity index (χ0v) is 12.8. The Kier molecular flexibility index (Phi) is 4.20. The van der Waals surface area contributed by atoms with Crippen molar-refractivity contribution in [3.05, 3.63) is 45.5 Å². The van der Waals surface area contributed by atoms with Crippen molar-refractivity contribution in [1.82, 2.24) is 15.2 Å². The van der Waals surface area contributed by atoms with Gasteiger partial charge in [0.2, 0.25) is 4.77 Å². The molecule has 2 rings (SSSR count). The Balaban J connectivity index is 2.34. The lowest BCUT2D eigenvalue weighted by atomic mass is 9.83. The van der Waals surface area contributed by atoms with Gasteiger partial charge >= 0.3 is 0 Å². The molecule has 0 spiro atoms. The quantitative estimate of drug-likeness (QED) is 0.826. The van der Waals surface area contributed by atoms with E-state index in [4.69, 9.17) is 12.2 Å². The van der Waals surface area contributed by atoms with Gasteiger partial charge in [-0.05, 0) is 49.0 Å². The van der Waals surface area contributed by atoms with Gasteiger partial charge in [-0.25, -0.2) is 4.98 Å². The van der Waals surface area contributed by atoms with E-state index >= 15 is 0 Å². The first-order valence-electron chi connectivity index (χ1n) is 6.68. The van der Waals surface area contributed by atoms with E-state index in [1.54, 1.807) is 0 Å². The van der Waals surface area contributed by atoms with E-state index in [2.05, 4.69) is 61.1 Å². The minimum Gasteiger partial charge on any atom is -0.286 e. The summed E-state index contributed by atoms with van der Waals surface area (Å²) < 4.78 is 0.526. The van der Waals surface area contributed by atoms with E-state index in [1.165, 1.54) is 16.7 Å². The number of hydrogen-bond acceptors (Lipinski definition) is 2. The van der Waals surface area contributed by atoms with Gasteiger partial charge in [0.25, 0.3) is 0 Å². The van der Waals surface area contributed by atoms with Gasteiger partial charge in [0, 0.05) is 6.42 Å². The summed E-state index contributed by atoms with van der Waals surface area (Å²) in [5.74, 6) is 1.94. The van der Waals surface area contributed by atoms with Crippen LogP contribution >= 0.6 is 12.2 Å². The summed E-state index contributed by atoms with van der Waals surface area (Å²) >= 11 is 5.02. The molecule has 0 saturated heterocycles. The molecule has 1 unspecified atom stereocenters. The number of aromatic nitrogens is 3. The minimum atomic E-state index is 0.453. The van der Waals surface area contributed by atoms with Crippen molar-refractivity contribution in [1.29, 1.82) is 0 Å². The smallest absolute Gasteiger partial charge is 0.213 e. The molecule has 0 aliphatic heterocycles. The Bertz CT molecular complexity index is 610. The normalized spacial score (nSPS) is 12.9. The summed E-state index contributed by atoms with van der Waals surface area (Å²) in [6.07, 6.45) is 0.884. The summed E-state index contributed by atoms with van der Waals surface area (Å²) in [7, 11) is 0. The molecule has 0 aliphatic rings. The van der Waals surface area contributed by atoms with Gasteiger partial charge in [-0.15, -0.1) is 0 Å². The molecule has 0 radical (unpaired) electrons. The lowest BCUT2D eigenvalue weighted by molar-refractivity contribution is 0.484. The summed E-state index contributed by atoms with van der Waals surface area (Å²) in [6.45, 7) is 8.83. The van der Waals surface area contributed by atoms with E-state index in [-0.39, 0.29) is 0 Å². The molecule has 19 heavy (non-hydrogen) atoms. The molecule has 1 aromatic heterocycles. The van der Waals surface area contributed by atoms with E-state index in [1.807, 2.05) is 0 Å². The molecule has 1 aromatic carbocycles. The number of hydrogen-bond donors (Lipinski definition) is 2. The molecule has 2 N–H and O–H groups in total. The molecule has 102 valence electrons. The average molecular weight is 275 g/mol. The van der Waals surface area contributed by atoms with Crippen molar-refractivity contribution in [3.8, 4) is 0 Å². The number of nitrogens with zero attached hydrogens (tertiary/aromatic N) is 1. The average Bonchev–Trinajstić information content (AvgIpc) is 2.75. The number of aryl methyl sites for hydroxylation is 2. The van der Waals surface area contributed by atoms with Gasteiger partial charge < -0.3 is 0 Å². The summed E-state index contributed by atoms with van der Waals surface area (Å²) in [6, 6.07) is 6.66. The molecule has 4 heteroatoms. The zero-order valence-electron chi connectivity index (χ0n) is 11.9. The number of H-pyrrole nitrogens is 2. The van der Waals surface area contributed by atoms with Gasteiger partial charge in [-0.1, -0.05) is 37.6 Å². The first-order valence-corrected chi connectivity index (χ1v) is 7.09. The highest BCUT2D eigenvalue weighted by atomic mass is 32.1. The second-order valence-corrected chi connectivity index (χ2v) is 5.92. The maximum Gasteiger partial charge on any atom is 0.213 e. The Hall–Kier alpha value is -1.42. The Morgan fingerprint density at radius 2 is 1.95 bits per heavy atom. The molecule has 1 heterocycles. The fourth-order valence-electron chi connectivity index (χ4n) is 2.47. The van der Waals surface area contributed by atoms with Crippen LogP contribution in [0.4, 0.5) is 0 Å². The first-order chi connectivity index (χ1) is 8.97. The predicted octanol–water partition coefficient (Wildman–Crippen LogP) is 4.07. The monoisotopic (exact) mass is 275 g/mol.